The van der Waals surface area contributed by atoms with E-state index in [1.165, 1.54) is 0 Å². The van der Waals surface area contributed by atoms with Crippen LogP contribution < -0.4 is 15.4 Å². The van der Waals surface area contributed by atoms with E-state index >= 15 is 0 Å². The van der Waals surface area contributed by atoms with Crippen molar-refractivity contribution in [2.45, 2.75) is 19.9 Å². The highest BCUT2D eigenvalue weighted by molar-refractivity contribution is 6.06. The number of fused-ring (bicyclic) bond motifs is 2. The Balaban J connectivity index is 1.63. The van der Waals surface area contributed by atoms with Crippen molar-refractivity contribution < 1.29 is 9.53 Å². The number of anilines is 2. The second-order valence-electron chi connectivity index (χ2n) is 7.74. The molecule has 1 unspecified atom stereocenters. The minimum atomic E-state index is -0.420. The SMILES string of the molecule is COc1ccc(NC(=O)C2=C(C)Nc3nc(C)nn3C2c2cccc3ccccc23)cc1. The van der Waals surface area contributed by atoms with Crippen LogP contribution >= 0.6 is 0 Å². The highest BCUT2D eigenvalue weighted by Gasteiger charge is 2.34. The number of nitrogens with zero attached hydrogens (tertiary/aromatic N) is 3. The van der Waals surface area contributed by atoms with Crippen LogP contribution in [0.3, 0.4) is 0 Å². The molecule has 0 spiro atoms. The minimum Gasteiger partial charge on any atom is -0.497 e. The van der Waals surface area contributed by atoms with Crippen LogP contribution in [-0.4, -0.2) is 27.8 Å². The number of amides is 1. The molecule has 32 heavy (non-hydrogen) atoms. The Hall–Kier alpha value is -4.13. The smallest absolute Gasteiger partial charge is 0.255 e. The molecule has 1 aromatic heterocycles. The molecular weight excluding hydrogens is 402 g/mol. The van der Waals surface area contributed by atoms with E-state index in [0.29, 0.717) is 23.0 Å². The molecule has 0 bridgehead atoms. The summed E-state index contributed by atoms with van der Waals surface area (Å²) in [5.41, 5.74) is 3.02. The van der Waals surface area contributed by atoms with Gasteiger partial charge in [-0.2, -0.15) is 10.1 Å². The summed E-state index contributed by atoms with van der Waals surface area (Å²) in [6.45, 7) is 3.74. The van der Waals surface area contributed by atoms with Gasteiger partial charge in [-0.15, -0.1) is 0 Å². The molecule has 5 rings (SSSR count). The lowest BCUT2D eigenvalue weighted by Crippen LogP contribution is -2.31. The Morgan fingerprint density at radius 2 is 1.78 bits per heavy atom. The Labute approximate surface area is 185 Å². The number of methoxy groups -OCH3 is 1. The third kappa shape index (κ3) is 3.37. The molecular formula is C25H23N5O2. The van der Waals surface area contributed by atoms with Crippen molar-refractivity contribution in [1.82, 2.24) is 14.8 Å². The predicted octanol–water partition coefficient (Wildman–Crippen LogP) is 4.68. The quantitative estimate of drug-likeness (QED) is 0.496. The van der Waals surface area contributed by atoms with E-state index in [0.717, 1.165) is 27.8 Å². The number of aryl methyl sites for hydroxylation is 1. The third-order valence-corrected chi connectivity index (χ3v) is 5.67. The molecule has 0 aliphatic carbocycles. The zero-order chi connectivity index (χ0) is 22.2. The maximum atomic E-state index is 13.6. The lowest BCUT2D eigenvalue weighted by molar-refractivity contribution is -0.113. The molecule has 0 saturated heterocycles. The number of carbonyl (C=O) groups is 1. The fraction of sp³-hybridized carbons (Fsp3) is 0.160. The molecule has 2 heterocycles. The van der Waals surface area contributed by atoms with Gasteiger partial charge in [0.15, 0.2) is 0 Å². The van der Waals surface area contributed by atoms with Gasteiger partial charge in [-0.25, -0.2) is 4.68 Å². The number of ether oxygens (including phenoxy) is 1. The average Bonchev–Trinajstić information content (AvgIpc) is 3.17. The Morgan fingerprint density at radius 3 is 2.56 bits per heavy atom. The van der Waals surface area contributed by atoms with Gasteiger partial charge in [0.25, 0.3) is 5.91 Å². The highest BCUT2D eigenvalue weighted by atomic mass is 16.5. The highest BCUT2D eigenvalue weighted by Crippen LogP contribution is 2.38. The third-order valence-electron chi connectivity index (χ3n) is 5.67. The topological polar surface area (TPSA) is 81.1 Å². The summed E-state index contributed by atoms with van der Waals surface area (Å²) >= 11 is 0. The summed E-state index contributed by atoms with van der Waals surface area (Å²) in [7, 11) is 1.61. The lowest BCUT2D eigenvalue weighted by Gasteiger charge is -2.29. The van der Waals surface area contributed by atoms with Gasteiger partial charge < -0.3 is 15.4 Å². The van der Waals surface area contributed by atoms with Crippen LogP contribution in [0.4, 0.5) is 11.6 Å². The first kappa shape index (κ1) is 19.8. The molecule has 1 atom stereocenters. The number of allylic oxidation sites excluding steroid dienone is 1. The van der Waals surface area contributed by atoms with Crippen molar-refractivity contribution in [2.75, 3.05) is 17.7 Å². The number of benzene rings is 3. The molecule has 1 aliphatic rings. The van der Waals surface area contributed by atoms with Crippen molar-refractivity contribution >= 4 is 28.3 Å². The molecule has 0 fully saturated rings. The largest absolute Gasteiger partial charge is 0.497 e. The van der Waals surface area contributed by atoms with Crippen LogP contribution in [0.25, 0.3) is 10.8 Å². The number of hydrogen-bond acceptors (Lipinski definition) is 5. The maximum absolute atomic E-state index is 13.6. The zero-order valence-electron chi connectivity index (χ0n) is 18.1. The Bertz CT molecular complexity index is 1350. The second kappa shape index (κ2) is 7.85. The van der Waals surface area contributed by atoms with E-state index in [9.17, 15) is 4.79 Å². The summed E-state index contributed by atoms with van der Waals surface area (Å²) in [6.07, 6.45) is 0. The standard InChI is InChI=1S/C25H23N5O2/c1-15-22(24(31)28-18-11-13-19(32-3)14-12-18)23(30-25(26-15)27-16(2)29-30)21-10-6-8-17-7-4-5-9-20(17)21/h4-14,23H,1-3H3,(H,28,31)(H,26,27,29). The molecule has 3 aromatic carbocycles. The first-order chi connectivity index (χ1) is 15.5. The second-order valence-corrected chi connectivity index (χ2v) is 7.74. The van der Waals surface area contributed by atoms with E-state index in [-0.39, 0.29) is 5.91 Å². The molecule has 160 valence electrons. The van der Waals surface area contributed by atoms with Gasteiger partial charge in [0.05, 0.1) is 12.7 Å². The van der Waals surface area contributed by atoms with Crippen LogP contribution in [0.15, 0.2) is 78.0 Å². The molecule has 0 saturated carbocycles. The van der Waals surface area contributed by atoms with Crippen LogP contribution in [0.5, 0.6) is 5.75 Å². The van der Waals surface area contributed by atoms with E-state index < -0.39 is 6.04 Å². The number of carbonyl (C=O) groups excluding carboxylic acids is 1. The molecule has 2 N–H and O–H groups in total. The van der Waals surface area contributed by atoms with Gasteiger partial charge in [-0.1, -0.05) is 42.5 Å². The number of aromatic nitrogens is 3. The van der Waals surface area contributed by atoms with Crippen LogP contribution in [0, 0.1) is 6.92 Å². The summed E-state index contributed by atoms with van der Waals surface area (Å²) in [4.78, 5) is 18.1. The van der Waals surface area contributed by atoms with E-state index in [1.807, 2.05) is 62.4 Å². The summed E-state index contributed by atoms with van der Waals surface area (Å²) in [5.74, 6) is 1.80. The van der Waals surface area contributed by atoms with E-state index in [1.54, 1.807) is 11.8 Å². The van der Waals surface area contributed by atoms with E-state index in [4.69, 9.17) is 4.74 Å². The number of rotatable bonds is 4. The summed E-state index contributed by atoms with van der Waals surface area (Å²) in [6, 6.07) is 21.1. The van der Waals surface area contributed by atoms with Gasteiger partial charge in [0.1, 0.15) is 17.6 Å². The summed E-state index contributed by atoms with van der Waals surface area (Å²) in [5, 5.41) is 13.1. The monoisotopic (exact) mass is 425 g/mol. The average molecular weight is 425 g/mol. The van der Waals surface area contributed by atoms with Gasteiger partial charge >= 0.3 is 0 Å². The maximum Gasteiger partial charge on any atom is 0.255 e. The van der Waals surface area contributed by atoms with Crippen molar-refractivity contribution in [3.05, 3.63) is 89.4 Å². The molecule has 1 amide bonds. The first-order valence-corrected chi connectivity index (χ1v) is 10.4. The normalized spacial score (nSPS) is 15.3. The zero-order valence-corrected chi connectivity index (χ0v) is 18.1. The predicted molar refractivity (Wildman–Crippen MR) is 125 cm³/mol. The van der Waals surface area contributed by atoms with Gasteiger partial charge in [-0.05, 0) is 54.4 Å². The van der Waals surface area contributed by atoms with Crippen molar-refractivity contribution in [2.24, 2.45) is 0 Å². The van der Waals surface area contributed by atoms with Crippen molar-refractivity contribution in [3.63, 3.8) is 0 Å². The molecule has 0 radical (unpaired) electrons. The van der Waals surface area contributed by atoms with Crippen LogP contribution in [0.2, 0.25) is 0 Å². The molecule has 4 aromatic rings. The molecule has 1 aliphatic heterocycles. The van der Waals surface area contributed by atoms with Gasteiger partial charge in [0, 0.05) is 11.4 Å². The molecule has 7 heteroatoms. The van der Waals surface area contributed by atoms with Gasteiger partial charge in [0.2, 0.25) is 5.95 Å². The van der Waals surface area contributed by atoms with Gasteiger partial charge in [-0.3, -0.25) is 4.79 Å². The Kier molecular flexibility index (Phi) is 4.86. The summed E-state index contributed by atoms with van der Waals surface area (Å²) < 4.78 is 7.01. The number of nitrogens with one attached hydrogen (secondary N) is 2. The van der Waals surface area contributed by atoms with Crippen LogP contribution in [0.1, 0.15) is 24.4 Å². The van der Waals surface area contributed by atoms with E-state index in [2.05, 4.69) is 38.9 Å². The van der Waals surface area contributed by atoms with Crippen LogP contribution in [-0.2, 0) is 4.79 Å². The lowest BCUT2D eigenvalue weighted by atomic mass is 9.91. The first-order valence-electron chi connectivity index (χ1n) is 10.4. The fourth-order valence-electron chi connectivity index (χ4n) is 4.20. The minimum absolute atomic E-state index is 0.197. The molecule has 7 nitrogen and oxygen atoms in total. The number of hydrogen-bond donors (Lipinski definition) is 2. The van der Waals surface area contributed by atoms with Crippen molar-refractivity contribution in [1.29, 1.82) is 0 Å². The fourth-order valence-corrected chi connectivity index (χ4v) is 4.20. The Morgan fingerprint density at radius 1 is 1.03 bits per heavy atom. The van der Waals surface area contributed by atoms with Crippen molar-refractivity contribution in [3.8, 4) is 5.75 Å².